The van der Waals surface area contributed by atoms with Gasteiger partial charge in [-0.05, 0) is 60.5 Å². The maximum Gasteiger partial charge on any atom is 0.261 e. The van der Waals surface area contributed by atoms with Gasteiger partial charge in [0.1, 0.15) is 5.75 Å². The summed E-state index contributed by atoms with van der Waals surface area (Å²) in [6.07, 6.45) is 2.18. The molecule has 29 heavy (non-hydrogen) atoms. The minimum Gasteiger partial charge on any atom is -0.484 e. The Kier molecular flexibility index (Phi) is 7.48. The highest BCUT2D eigenvalue weighted by molar-refractivity contribution is 7.13. The van der Waals surface area contributed by atoms with Crippen LogP contribution in [0.1, 0.15) is 38.3 Å². The van der Waals surface area contributed by atoms with Crippen molar-refractivity contribution < 1.29 is 9.53 Å². The Balaban J connectivity index is 1.59. The summed E-state index contributed by atoms with van der Waals surface area (Å²) >= 11 is 1.73. The van der Waals surface area contributed by atoms with Crippen molar-refractivity contribution in [2.75, 3.05) is 6.61 Å². The van der Waals surface area contributed by atoms with E-state index < -0.39 is 0 Å². The van der Waals surface area contributed by atoms with Gasteiger partial charge in [0.15, 0.2) is 6.61 Å². The van der Waals surface area contributed by atoms with Crippen molar-refractivity contribution in [1.29, 1.82) is 0 Å². The van der Waals surface area contributed by atoms with Crippen LogP contribution < -0.4 is 4.74 Å². The molecule has 0 saturated carbocycles. The molecule has 0 atom stereocenters. The molecular weight excluding hydrogens is 378 g/mol. The Morgan fingerprint density at radius 2 is 1.69 bits per heavy atom. The van der Waals surface area contributed by atoms with E-state index in [-0.39, 0.29) is 18.6 Å². The Bertz CT molecular complexity index is 884. The first-order valence-electron chi connectivity index (χ1n) is 10.2. The van der Waals surface area contributed by atoms with Crippen LogP contribution in [0.4, 0.5) is 0 Å². The average molecular weight is 408 g/mol. The van der Waals surface area contributed by atoms with Crippen LogP contribution in [0, 0.1) is 0 Å². The summed E-state index contributed by atoms with van der Waals surface area (Å²) in [5.41, 5.74) is 3.62. The molecule has 0 unspecified atom stereocenters. The number of nitrogens with zero attached hydrogens (tertiary/aromatic N) is 1. The standard InChI is InChI=1S/C25H29NO2S/c1-4-6-20-10-14-23(15-11-20)28-18-25(27)26(19(2)3)17-21-8-12-22(13-9-21)24-7-5-16-29-24/h5,7-16,19H,4,6,17-18H2,1-3H3. The number of aryl methyl sites for hydroxylation is 1. The first-order chi connectivity index (χ1) is 14.1. The second kappa shape index (κ2) is 10.3. The zero-order valence-corrected chi connectivity index (χ0v) is 18.2. The van der Waals surface area contributed by atoms with E-state index in [2.05, 4.69) is 60.8 Å². The van der Waals surface area contributed by atoms with E-state index in [9.17, 15) is 4.79 Å². The van der Waals surface area contributed by atoms with E-state index in [1.54, 1.807) is 11.3 Å². The summed E-state index contributed by atoms with van der Waals surface area (Å²) < 4.78 is 5.75. The molecule has 0 saturated heterocycles. The molecular formula is C25H29NO2S. The normalized spacial score (nSPS) is 10.9. The van der Waals surface area contributed by atoms with Crippen molar-refractivity contribution >= 4 is 17.2 Å². The zero-order valence-electron chi connectivity index (χ0n) is 17.4. The van der Waals surface area contributed by atoms with Gasteiger partial charge in [-0.15, -0.1) is 11.3 Å². The van der Waals surface area contributed by atoms with E-state index in [4.69, 9.17) is 4.74 Å². The van der Waals surface area contributed by atoms with E-state index in [0.29, 0.717) is 6.54 Å². The van der Waals surface area contributed by atoms with Gasteiger partial charge in [-0.3, -0.25) is 4.79 Å². The number of rotatable bonds is 9. The molecule has 4 heteroatoms. The van der Waals surface area contributed by atoms with Crippen LogP contribution >= 0.6 is 11.3 Å². The number of carbonyl (C=O) groups excluding carboxylic acids is 1. The molecule has 0 aliphatic heterocycles. The predicted molar refractivity (Wildman–Crippen MR) is 121 cm³/mol. The minimum absolute atomic E-state index is 0.0000296. The third-order valence-corrected chi connectivity index (χ3v) is 5.80. The number of benzene rings is 2. The van der Waals surface area contributed by atoms with Crippen LogP contribution in [-0.2, 0) is 17.8 Å². The van der Waals surface area contributed by atoms with Crippen LogP contribution in [0.3, 0.4) is 0 Å². The van der Waals surface area contributed by atoms with Gasteiger partial charge in [-0.25, -0.2) is 0 Å². The molecule has 2 aromatic carbocycles. The van der Waals surface area contributed by atoms with Crippen LogP contribution in [0.2, 0.25) is 0 Å². The highest BCUT2D eigenvalue weighted by atomic mass is 32.1. The van der Waals surface area contributed by atoms with Crippen LogP contribution in [0.15, 0.2) is 66.0 Å². The van der Waals surface area contributed by atoms with Crippen molar-refractivity contribution in [3.8, 4) is 16.2 Å². The number of carbonyl (C=O) groups is 1. The smallest absolute Gasteiger partial charge is 0.261 e. The Morgan fingerprint density at radius 3 is 2.28 bits per heavy atom. The predicted octanol–water partition coefficient (Wildman–Crippen LogP) is 6.18. The lowest BCUT2D eigenvalue weighted by atomic mass is 10.1. The molecule has 3 nitrogen and oxygen atoms in total. The molecule has 0 spiro atoms. The van der Waals surface area contributed by atoms with Gasteiger partial charge in [0, 0.05) is 17.5 Å². The summed E-state index contributed by atoms with van der Waals surface area (Å²) in [6.45, 7) is 6.88. The molecule has 1 heterocycles. The molecule has 3 aromatic rings. The van der Waals surface area contributed by atoms with Gasteiger partial charge in [-0.1, -0.05) is 55.8 Å². The summed E-state index contributed by atoms with van der Waals surface area (Å²) in [7, 11) is 0. The third kappa shape index (κ3) is 5.94. The van der Waals surface area contributed by atoms with Crippen molar-refractivity contribution in [3.63, 3.8) is 0 Å². The quantitative estimate of drug-likeness (QED) is 0.424. The fourth-order valence-electron chi connectivity index (χ4n) is 3.24. The van der Waals surface area contributed by atoms with Crippen LogP contribution in [0.25, 0.3) is 10.4 Å². The van der Waals surface area contributed by atoms with Gasteiger partial charge in [0.2, 0.25) is 0 Å². The fourth-order valence-corrected chi connectivity index (χ4v) is 3.97. The second-order valence-electron chi connectivity index (χ2n) is 7.47. The van der Waals surface area contributed by atoms with Crippen molar-refractivity contribution in [2.24, 2.45) is 0 Å². The van der Waals surface area contributed by atoms with E-state index in [0.717, 1.165) is 24.2 Å². The van der Waals surface area contributed by atoms with Crippen molar-refractivity contribution in [1.82, 2.24) is 4.90 Å². The highest BCUT2D eigenvalue weighted by Crippen LogP contribution is 2.25. The maximum absolute atomic E-state index is 12.8. The van der Waals surface area contributed by atoms with Crippen molar-refractivity contribution in [2.45, 2.75) is 46.2 Å². The zero-order chi connectivity index (χ0) is 20.6. The summed E-state index contributed by atoms with van der Waals surface area (Å²) in [4.78, 5) is 15.9. The highest BCUT2D eigenvalue weighted by Gasteiger charge is 2.18. The Labute approximate surface area is 178 Å². The van der Waals surface area contributed by atoms with Gasteiger partial charge in [-0.2, -0.15) is 0 Å². The molecule has 1 amide bonds. The summed E-state index contributed by atoms with van der Waals surface area (Å²) in [5, 5.41) is 2.08. The number of hydrogen-bond donors (Lipinski definition) is 0. The molecule has 0 N–H and O–H groups in total. The van der Waals surface area contributed by atoms with E-state index in [1.165, 1.54) is 16.0 Å². The SMILES string of the molecule is CCCc1ccc(OCC(=O)N(Cc2ccc(-c3cccs3)cc2)C(C)C)cc1. The minimum atomic E-state index is -0.0000296. The Morgan fingerprint density at radius 1 is 1.00 bits per heavy atom. The van der Waals surface area contributed by atoms with Crippen molar-refractivity contribution in [3.05, 3.63) is 77.2 Å². The lowest BCUT2D eigenvalue weighted by molar-refractivity contribution is -0.135. The molecule has 0 aliphatic rings. The van der Waals surface area contributed by atoms with E-state index in [1.807, 2.05) is 30.9 Å². The second-order valence-corrected chi connectivity index (χ2v) is 8.42. The van der Waals surface area contributed by atoms with Gasteiger partial charge in [0.25, 0.3) is 5.91 Å². The average Bonchev–Trinajstić information content (AvgIpc) is 3.26. The largest absolute Gasteiger partial charge is 0.484 e. The Hall–Kier alpha value is -2.59. The van der Waals surface area contributed by atoms with Crippen LogP contribution in [-0.4, -0.2) is 23.5 Å². The molecule has 0 fully saturated rings. The topological polar surface area (TPSA) is 29.5 Å². The number of thiophene rings is 1. The molecule has 3 rings (SSSR count). The fraction of sp³-hybridized carbons (Fsp3) is 0.320. The lowest BCUT2D eigenvalue weighted by Crippen LogP contribution is -2.39. The van der Waals surface area contributed by atoms with Gasteiger partial charge in [0.05, 0.1) is 0 Å². The van der Waals surface area contributed by atoms with Gasteiger partial charge < -0.3 is 9.64 Å². The lowest BCUT2D eigenvalue weighted by Gasteiger charge is -2.27. The first-order valence-corrected chi connectivity index (χ1v) is 11.1. The molecule has 152 valence electrons. The molecule has 0 aliphatic carbocycles. The first kappa shape index (κ1) is 21.1. The number of ether oxygens (including phenoxy) is 1. The summed E-state index contributed by atoms with van der Waals surface area (Å²) in [5.74, 6) is 0.738. The summed E-state index contributed by atoms with van der Waals surface area (Å²) in [6, 6.07) is 20.8. The molecule has 0 radical (unpaired) electrons. The monoisotopic (exact) mass is 407 g/mol. The molecule has 1 aromatic heterocycles. The number of amides is 1. The van der Waals surface area contributed by atoms with Gasteiger partial charge >= 0.3 is 0 Å². The number of hydrogen-bond acceptors (Lipinski definition) is 3. The van der Waals surface area contributed by atoms with Crippen LogP contribution in [0.5, 0.6) is 5.75 Å². The van der Waals surface area contributed by atoms with E-state index >= 15 is 0 Å². The maximum atomic E-state index is 12.8. The molecule has 0 bridgehead atoms. The third-order valence-electron chi connectivity index (χ3n) is 4.88.